The number of urea groups is 2. The number of nitrogens with zero attached hydrogens (tertiary/aromatic N) is 4. The largest absolute Gasteiger partial charge is 0.494 e. The van der Waals surface area contributed by atoms with Crippen molar-refractivity contribution in [2.75, 3.05) is 62.5 Å². The monoisotopic (exact) mass is 1710 g/mol. The minimum atomic E-state index is -4.13. The fraction of sp³-hybridized carbons (Fsp3) is 0.740. The molecule has 0 unspecified atom stereocenters. The van der Waals surface area contributed by atoms with E-state index in [4.69, 9.17) is 18.9 Å². The van der Waals surface area contributed by atoms with Crippen molar-refractivity contribution in [3.05, 3.63) is 78.9 Å². The molecule has 21 heteroatoms. The van der Waals surface area contributed by atoms with Crippen LogP contribution in [0.4, 0.5) is 21.0 Å². The van der Waals surface area contributed by atoms with Crippen molar-refractivity contribution in [3.63, 3.8) is 0 Å². The van der Waals surface area contributed by atoms with Crippen molar-refractivity contribution in [3.8, 4) is 11.5 Å². The average Bonchev–Trinajstić information content (AvgIpc) is 0.781. The van der Waals surface area contributed by atoms with E-state index in [1.165, 1.54) is 332 Å². The van der Waals surface area contributed by atoms with E-state index >= 15 is 0 Å². The van der Waals surface area contributed by atoms with Gasteiger partial charge in [-0.2, -0.15) is 0 Å². The Morgan fingerprint density at radius 1 is 0.322 bits per heavy atom. The molecule has 686 valence electrons. The lowest BCUT2D eigenvalue weighted by atomic mass is 10.0. The third kappa shape index (κ3) is 47.8. The lowest BCUT2D eigenvalue weighted by Crippen LogP contribution is -2.63. The molecule has 0 aromatic heterocycles. The molecule has 0 saturated carbocycles. The molecule has 3 aromatic rings. The molecule has 20 nitrogen and oxygen atoms in total. The molecule has 8 amide bonds. The number of nitrogens with one attached hydrogen (secondary N) is 1. The summed E-state index contributed by atoms with van der Waals surface area (Å²) in [5.41, 5.74) is 0.595. The first kappa shape index (κ1) is 107. The van der Waals surface area contributed by atoms with Gasteiger partial charge in [0.1, 0.15) is 36.4 Å². The van der Waals surface area contributed by atoms with Crippen molar-refractivity contribution >= 4 is 69.0 Å². The number of imide groups is 4. The molecular weight excluding hydrogens is 1540 g/mol. The standard InChI is InChI=1S/C53H86N2O6.C47H79N3O9S/c1-3-5-7-9-11-13-15-17-19-21-23-25-27-29-31-33-41-60-48-39-35-37-46(43-48)54-51(57)50(45-56)52(58)55(53(54)59)47-38-36-40-49(44-47)61-42-34-32-30-28-26-24-22-20-18-16-14-12-10-8-6-4-2;1-3-5-7-9-11-13-15-17-19-21-23-25-27-32-36-58-43(51)39-49-45(53)42(38-48-60(56,57)41-34-30-29-31-35-41)46(54)50(47(49)55)40-44(52)59-37-33-28-26-24-22-20-18-16-14-12-10-8-6-4-2/h35-40,43-44,50,56H,3-34,41-42,45H2,1-2H3;29-31,34-35,42,48H,3-28,32-33,36-40H2,1-2H3. The minimum Gasteiger partial charge on any atom is -0.494 e. The van der Waals surface area contributed by atoms with E-state index in [1.807, 2.05) is 12.1 Å². The van der Waals surface area contributed by atoms with Gasteiger partial charge in [-0.05, 0) is 62.1 Å². The van der Waals surface area contributed by atoms with Crippen molar-refractivity contribution in [2.24, 2.45) is 11.8 Å². The van der Waals surface area contributed by atoms with E-state index in [-0.39, 0.29) is 18.1 Å². The van der Waals surface area contributed by atoms with Gasteiger partial charge in [-0.3, -0.25) is 38.6 Å². The Hall–Kier alpha value is -6.71. The highest BCUT2D eigenvalue weighted by atomic mass is 32.2. The topological polar surface area (TPSA) is 253 Å². The molecule has 2 heterocycles. The van der Waals surface area contributed by atoms with Crippen LogP contribution in [0, 0.1) is 11.8 Å². The lowest BCUT2D eigenvalue weighted by molar-refractivity contribution is -0.158. The molecule has 0 aliphatic carbocycles. The van der Waals surface area contributed by atoms with E-state index in [0.29, 0.717) is 58.7 Å². The zero-order valence-corrected chi connectivity index (χ0v) is 76.9. The Morgan fingerprint density at radius 3 is 0.860 bits per heavy atom. The predicted octanol–water partition coefficient (Wildman–Crippen LogP) is 25.5. The molecule has 0 spiro atoms. The van der Waals surface area contributed by atoms with Crippen LogP contribution >= 0.6 is 0 Å². The number of amides is 8. The normalized spacial score (nSPS) is 13.6. The van der Waals surface area contributed by atoms with Gasteiger partial charge in [0.05, 0.1) is 49.3 Å². The Balaban J connectivity index is 0.000000508. The van der Waals surface area contributed by atoms with Crippen LogP contribution < -0.4 is 24.0 Å². The highest BCUT2D eigenvalue weighted by Crippen LogP contribution is 2.33. The number of aliphatic hydroxyl groups excluding tert-OH is 1. The minimum absolute atomic E-state index is 0.0790. The summed E-state index contributed by atoms with van der Waals surface area (Å²) < 4.78 is 50.9. The highest BCUT2D eigenvalue weighted by Gasteiger charge is 2.49. The zero-order chi connectivity index (χ0) is 87.3. The first-order valence-electron chi connectivity index (χ1n) is 48.9. The smallest absolute Gasteiger partial charge is 0.342 e. The molecule has 0 radical (unpaired) electrons. The molecule has 2 saturated heterocycles. The van der Waals surface area contributed by atoms with E-state index in [9.17, 15) is 51.9 Å². The zero-order valence-electron chi connectivity index (χ0n) is 76.1. The summed E-state index contributed by atoms with van der Waals surface area (Å²) in [4.78, 5) is 110. The number of carbonyl (C=O) groups is 8. The Bertz CT molecular complexity index is 3160. The van der Waals surface area contributed by atoms with Crippen LogP contribution in [0.25, 0.3) is 0 Å². The lowest BCUT2D eigenvalue weighted by Gasteiger charge is -2.36. The number of rotatable bonds is 77. The van der Waals surface area contributed by atoms with Crippen molar-refractivity contribution in [1.82, 2.24) is 14.5 Å². The molecule has 3 aromatic carbocycles. The molecular formula is C100H165N5O15S. The molecule has 2 aliphatic rings. The second-order valence-electron chi connectivity index (χ2n) is 34.1. The van der Waals surface area contributed by atoms with Crippen LogP contribution in [0.5, 0.6) is 11.5 Å². The van der Waals surface area contributed by atoms with Crippen LogP contribution in [-0.4, -0.2) is 124 Å². The molecule has 2 N–H and O–H groups in total. The molecule has 121 heavy (non-hydrogen) atoms. The van der Waals surface area contributed by atoms with Crippen LogP contribution in [0.1, 0.15) is 413 Å². The van der Waals surface area contributed by atoms with Crippen LogP contribution in [0.2, 0.25) is 0 Å². The van der Waals surface area contributed by atoms with Crippen molar-refractivity contribution in [2.45, 2.75) is 418 Å². The predicted molar refractivity (Wildman–Crippen MR) is 490 cm³/mol. The summed E-state index contributed by atoms with van der Waals surface area (Å²) in [5.74, 6) is -7.29. The molecule has 2 fully saturated rings. The SMILES string of the molecule is CCCCCCCCCCCCCCCCCCOc1cccc(N2C(=O)C(CO)C(=O)N(c3cccc(OCCCCCCCCCCCCCCCCCC)c3)C2=O)c1.CCCCCCCCCCCCCCCCOC(=O)CN1C(=O)C(CNS(=O)(=O)c2ccccc2)C(=O)N(CC(=O)OCCCCCCCCCCCCCCCC)C1=O. The Labute approximate surface area is 732 Å². The Morgan fingerprint density at radius 2 is 0.587 bits per heavy atom. The number of hydrogen-bond acceptors (Lipinski definition) is 15. The number of ether oxygens (including phenoxy) is 4. The summed E-state index contributed by atoms with van der Waals surface area (Å²) >= 11 is 0. The highest BCUT2D eigenvalue weighted by molar-refractivity contribution is 7.89. The van der Waals surface area contributed by atoms with Crippen molar-refractivity contribution in [1.29, 1.82) is 0 Å². The van der Waals surface area contributed by atoms with Gasteiger partial charge in [-0.25, -0.2) is 32.5 Å². The Kier molecular flexibility index (Phi) is 62.2. The summed E-state index contributed by atoms with van der Waals surface area (Å²) in [6, 6.07) is 19.2. The molecule has 0 atom stereocenters. The average molecular weight is 1710 g/mol. The van der Waals surface area contributed by atoms with Gasteiger partial charge in [0.2, 0.25) is 33.7 Å². The van der Waals surface area contributed by atoms with Gasteiger partial charge in [0.25, 0.3) is 0 Å². The van der Waals surface area contributed by atoms with E-state index in [1.54, 1.807) is 42.5 Å². The first-order chi connectivity index (χ1) is 59.1. The number of unbranched alkanes of at least 4 members (excludes halogenated alkanes) is 56. The molecule has 0 bridgehead atoms. The van der Waals surface area contributed by atoms with Crippen LogP contribution in [-0.2, 0) is 48.3 Å². The second-order valence-corrected chi connectivity index (χ2v) is 35.9. The number of aliphatic hydroxyl groups is 1. The van der Waals surface area contributed by atoms with Gasteiger partial charge in [0, 0.05) is 18.7 Å². The van der Waals surface area contributed by atoms with Crippen molar-refractivity contribution < 1.29 is 70.8 Å². The fourth-order valence-corrected chi connectivity index (χ4v) is 17.0. The van der Waals surface area contributed by atoms with Gasteiger partial charge in [0.15, 0.2) is 0 Å². The number of carbonyl (C=O) groups excluding carboxylic acids is 8. The maximum Gasteiger partial charge on any atom is 0.342 e. The maximum absolute atomic E-state index is 13.9. The van der Waals surface area contributed by atoms with E-state index < -0.39 is 95.7 Å². The third-order valence-corrected chi connectivity index (χ3v) is 24.9. The van der Waals surface area contributed by atoms with Gasteiger partial charge >= 0.3 is 24.0 Å². The second kappa shape index (κ2) is 70.6. The van der Waals surface area contributed by atoms with Gasteiger partial charge in [-0.15, -0.1) is 0 Å². The third-order valence-electron chi connectivity index (χ3n) is 23.5. The maximum atomic E-state index is 13.9. The number of sulfonamides is 1. The van der Waals surface area contributed by atoms with E-state index in [0.717, 1.165) is 74.0 Å². The van der Waals surface area contributed by atoms with Crippen LogP contribution in [0.3, 0.4) is 0 Å². The summed E-state index contributed by atoms with van der Waals surface area (Å²) in [5, 5.41) is 10.1. The number of anilines is 2. The summed E-state index contributed by atoms with van der Waals surface area (Å²) in [6.45, 7) is 7.37. The van der Waals surface area contributed by atoms with Gasteiger partial charge in [-0.1, -0.05) is 418 Å². The number of hydrogen-bond donors (Lipinski definition) is 2. The number of esters is 2. The number of barbiturate groups is 2. The molecule has 2 aliphatic heterocycles. The first-order valence-corrected chi connectivity index (χ1v) is 50.4. The summed E-state index contributed by atoms with van der Waals surface area (Å²) in [7, 11) is -4.13. The number of benzene rings is 3. The van der Waals surface area contributed by atoms with Crippen LogP contribution in [0.15, 0.2) is 83.8 Å². The fourth-order valence-electron chi connectivity index (χ4n) is 15.9. The quantitative estimate of drug-likeness (QED) is 0.0303. The van der Waals surface area contributed by atoms with E-state index in [2.05, 4.69) is 32.4 Å². The molecule has 5 rings (SSSR count). The summed E-state index contributed by atoms with van der Waals surface area (Å²) in [6.07, 6.45) is 74.9. The van der Waals surface area contributed by atoms with Gasteiger partial charge < -0.3 is 24.1 Å².